The Morgan fingerprint density at radius 1 is 1.28 bits per heavy atom. The average molecular weight is 249 g/mol. The highest BCUT2D eigenvalue weighted by Gasteiger charge is 2.44. The number of rotatable bonds is 5. The summed E-state index contributed by atoms with van der Waals surface area (Å²) in [6.07, 6.45) is 1.90. The lowest BCUT2D eigenvalue weighted by Crippen LogP contribution is -2.33. The largest absolute Gasteiger partial charge is 0.355 e. The van der Waals surface area contributed by atoms with E-state index in [-0.39, 0.29) is 29.3 Å². The van der Waals surface area contributed by atoms with Crippen LogP contribution in [0.5, 0.6) is 0 Å². The molecule has 96 valence electrons. The fourth-order valence-electron chi connectivity index (χ4n) is 2.08. The quantitative estimate of drug-likeness (QED) is 0.811. The summed E-state index contributed by atoms with van der Waals surface area (Å²) in [6, 6.07) is 6.40. The number of ketones is 1. The average Bonchev–Trinajstić information content (AvgIpc) is 3.08. The zero-order valence-electron chi connectivity index (χ0n) is 10.3. The summed E-state index contributed by atoms with van der Waals surface area (Å²) < 4.78 is 12.8. The van der Waals surface area contributed by atoms with Gasteiger partial charge in [-0.05, 0) is 37.5 Å². The van der Waals surface area contributed by atoms with Crippen molar-refractivity contribution in [2.45, 2.75) is 31.6 Å². The molecular weight excluding hydrogens is 233 g/mol. The molecule has 4 heteroatoms. The second-order valence-electron chi connectivity index (χ2n) is 4.94. The van der Waals surface area contributed by atoms with Gasteiger partial charge in [0.15, 0.2) is 0 Å². The summed E-state index contributed by atoms with van der Waals surface area (Å²) in [5, 5.41) is 2.78. The normalized spacial score (nSPS) is 16.1. The van der Waals surface area contributed by atoms with Crippen LogP contribution in [0.3, 0.4) is 0 Å². The van der Waals surface area contributed by atoms with E-state index in [1.807, 2.05) is 0 Å². The van der Waals surface area contributed by atoms with Gasteiger partial charge in [0.05, 0.1) is 6.42 Å². The molecule has 1 fully saturated rings. The third-order valence-corrected chi connectivity index (χ3v) is 3.34. The third-order valence-electron chi connectivity index (χ3n) is 3.34. The molecule has 0 radical (unpaired) electrons. The van der Waals surface area contributed by atoms with Gasteiger partial charge in [-0.3, -0.25) is 9.59 Å². The first kappa shape index (κ1) is 12.7. The Balaban J connectivity index is 1.94. The lowest BCUT2D eigenvalue weighted by Gasteiger charge is -2.16. The molecule has 0 bridgehead atoms. The van der Waals surface area contributed by atoms with Crippen LogP contribution in [-0.4, -0.2) is 18.2 Å². The molecule has 1 N–H and O–H groups in total. The van der Waals surface area contributed by atoms with E-state index in [9.17, 15) is 14.0 Å². The number of hydrogen-bond acceptors (Lipinski definition) is 2. The Morgan fingerprint density at radius 3 is 2.39 bits per heavy atom. The van der Waals surface area contributed by atoms with Gasteiger partial charge >= 0.3 is 0 Å². The van der Waals surface area contributed by atoms with Crippen LogP contribution in [0.4, 0.5) is 4.39 Å². The second-order valence-corrected chi connectivity index (χ2v) is 4.94. The van der Waals surface area contributed by atoms with E-state index in [0.717, 1.165) is 18.4 Å². The van der Waals surface area contributed by atoms with Crippen molar-refractivity contribution in [1.29, 1.82) is 0 Å². The van der Waals surface area contributed by atoms with Gasteiger partial charge in [-0.1, -0.05) is 12.1 Å². The van der Waals surface area contributed by atoms with E-state index in [2.05, 4.69) is 5.32 Å². The summed E-state index contributed by atoms with van der Waals surface area (Å²) in [4.78, 5) is 22.2. The maximum absolute atomic E-state index is 12.8. The molecule has 0 aliphatic heterocycles. The highest BCUT2D eigenvalue weighted by molar-refractivity contribution is 5.96. The van der Waals surface area contributed by atoms with Crippen molar-refractivity contribution in [3.63, 3.8) is 0 Å². The smallest absolute Gasteiger partial charge is 0.227 e. The van der Waals surface area contributed by atoms with Crippen molar-refractivity contribution >= 4 is 11.7 Å². The van der Waals surface area contributed by atoms with Gasteiger partial charge in [-0.25, -0.2) is 4.39 Å². The molecule has 1 amide bonds. The lowest BCUT2D eigenvalue weighted by molar-refractivity contribution is -0.127. The number of carbonyl (C=O) groups excluding carboxylic acids is 2. The number of amides is 1. The number of Topliss-reactive ketones (excluding diaryl/α,β-unsaturated/α-hetero) is 1. The monoisotopic (exact) mass is 249 g/mol. The SMILES string of the molecule is CC(=O)CC(=O)NCC1(c2ccc(F)cc2)CC1. The summed E-state index contributed by atoms with van der Waals surface area (Å²) in [5.74, 6) is -0.634. The molecule has 0 heterocycles. The first-order chi connectivity index (χ1) is 8.52. The zero-order chi connectivity index (χ0) is 13.2. The minimum absolute atomic E-state index is 0.0554. The van der Waals surface area contributed by atoms with Crippen molar-refractivity contribution in [3.05, 3.63) is 35.6 Å². The van der Waals surface area contributed by atoms with Crippen LogP contribution < -0.4 is 5.32 Å². The number of halogens is 1. The molecule has 2 rings (SSSR count). The number of carbonyl (C=O) groups is 2. The predicted octanol–water partition coefficient (Wildman–Crippen LogP) is 1.95. The summed E-state index contributed by atoms with van der Waals surface area (Å²) >= 11 is 0. The predicted molar refractivity (Wildman–Crippen MR) is 65.6 cm³/mol. The zero-order valence-corrected chi connectivity index (χ0v) is 10.3. The minimum atomic E-state index is -0.254. The van der Waals surface area contributed by atoms with Gasteiger partial charge in [-0.15, -0.1) is 0 Å². The molecular formula is C14H16FNO2. The summed E-state index contributed by atoms with van der Waals surface area (Å²) in [6.45, 7) is 1.91. The lowest BCUT2D eigenvalue weighted by atomic mass is 9.96. The van der Waals surface area contributed by atoms with E-state index in [0.29, 0.717) is 6.54 Å². The van der Waals surface area contributed by atoms with Crippen LogP contribution in [0, 0.1) is 5.82 Å². The van der Waals surface area contributed by atoms with Crippen molar-refractivity contribution in [1.82, 2.24) is 5.32 Å². The fourth-order valence-corrected chi connectivity index (χ4v) is 2.08. The first-order valence-corrected chi connectivity index (χ1v) is 6.04. The third kappa shape index (κ3) is 2.94. The maximum Gasteiger partial charge on any atom is 0.227 e. The van der Waals surface area contributed by atoms with Crippen LogP contribution in [0.1, 0.15) is 31.7 Å². The molecule has 1 aliphatic carbocycles. The van der Waals surface area contributed by atoms with Gasteiger partial charge in [0, 0.05) is 12.0 Å². The molecule has 0 unspecified atom stereocenters. The molecule has 1 saturated carbocycles. The van der Waals surface area contributed by atoms with Crippen LogP contribution >= 0.6 is 0 Å². The van der Waals surface area contributed by atoms with E-state index >= 15 is 0 Å². The molecule has 1 aromatic rings. The minimum Gasteiger partial charge on any atom is -0.355 e. The Kier molecular flexibility index (Phi) is 3.45. The molecule has 0 spiro atoms. The van der Waals surface area contributed by atoms with Gasteiger partial charge in [0.2, 0.25) is 5.91 Å². The van der Waals surface area contributed by atoms with Crippen molar-refractivity contribution in [2.75, 3.05) is 6.54 Å². The Labute approximate surface area is 105 Å². The van der Waals surface area contributed by atoms with E-state index < -0.39 is 0 Å². The fraction of sp³-hybridized carbons (Fsp3) is 0.429. The van der Waals surface area contributed by atoms with E-state index in [1.54, 1.807) is 12.1 Å². The second kappa shape index (κ2) is 4.88. The molecule has 1 aliphatic rings. The van der Waals surface area contributed by atoms with Crippen molar-refractivity contribution in [2.24, 2.45) is 0 Å². The standard InChI is InChI=1S/C14H16FNO2/c1-10(17)8-13(18)16-9-14(6-7-14)11-2-4-12(15)5-3-11/h2-5H,6-9H2,1H3,(H,16,18). The summed E-state index contributed by atoms with van der Waals surface area (Å²) in [5.41, 5.74) is 0.993. The van der Waals surface area contributed by atoms with Gasteiger partial charge in [0.1, 0.15) is 11.6 Å². The van der Waals surface area contributed by atoms with E-state index in [4.69, 9.17) is 0 Å². The molecule has 1 aromatic carbocycles. The molecule has 0 saturated heterocycles. The molecule has 0 atom stereocenters. The molecule has 0 aromatic heterocycles. The first-order valence-electron chi connectivity index (χ1n) is 6.04. The molecule has 18 heavy (non-hydrogen) atoms. The topological polar surface area (TPSA) is 46.2 Å². The Bertz CT molecular complexity index is 463. The summed E-state index contributed by atoms with van der Waals surface area (Å²) in [7, 11) is 0. The van der Waals surface area contributed by atoms with Gasteiger partial charge in [-0.2, -0.15) is 0 Å². The molecule has 3 nitrogen and oxygen atoms in total. The van der Waals surface area contributed by atoms with Crippen LogP contribution in [0.15, 0.2) is 24.3 Å². The Morgan fingerprint density at radius 2 is 1.89 bits per heavy atom. The van der Waals surface area contributed by atoms with Crippen molar-refractivity contribution in [3.8, 4) is 0 Å². The van der Waals surface area contributed by atoms with Crippen LogP contribution in [0.25, 0.3) is 0 Å². The van der Waals surface area contributed by atoms with Crippen LogP contribution in [0.2, 0.25) is 0 Å². The van der Waals surface area contributed by atoms with E-state index in [1.165, 1.54) is 19.1 Å². The highest BCUT2D eigenvalue weighted by atomic mass is 19.1. The maximum atomic E-state index is 12.8. The van der Waals surface area contributed by atoms with Crippen molar-refractivity contribution < 1.29 is 14.0 Å². The number of benzene rings is 1. The van der Waals surface area contributed by atoms with Gasteiger partial charge in [0.25, 0.3) is 0 Å². The highest BCUT2D eigenvalue weighted by Crippen LogP contribution is 2.47. The van der Waals surface area contributed by atoms with Crippen LogP contribution in [-0.2, 0) is 15.0 Å². The Hall–Kier alpha value is -1.71. The van der Waals surface area contributed by atoms with Gasteiger partial charge < -0.3 is 5.32 Å². The number of hydrogen-bond donors (Lipinski definition) is 1. The number of nitrogens with one attached hydrogen (secondary N) is 1.